The normalized spacial score (nSPS) is 12.1. The zero-order valence-corrected chi connectivity index (χ0v) is 22.2. The summed E-state index contributed by atoms with van der Waals surface area (Å²) in [5.41, 5.74) is 1.08. The molecule has 9 nitrogen and oxygen atoms in total. The van der Waals surface area contributed by atoms with Gasteiger partial charge in [-0.1, -0.05) is 0 Å². The van der Waals surface area contributed by atoms with E-state index in [0.29, 0.717) is 24.6 Å². The molecule has 0 fully saturated rings. The Kier molecular flexibility index (Phi) is 11.8. The molecule has 0 aliphatic heterocycles. The first-order valence-corrected chi connectivity index (χ1v) is 12.3. The minimum atomic E-state index is -3.32. The molecule has 3 N–H and O–H groups in total. The van der Waals surface area contributed by atoms with E-state index in [2.05, 4.69) is 15.0 Å². The van der Waals surface area contributed by atoms with Crippen LogP contribution in [0.25, 0.3) is 5.69 Å². The number of aliphatic hydroxyl groups excluding tert-OH is 1. The van der Waals surface area contributed by atoms with Gasteiger partial charge in [0.25, 0.3) is 0 Å². The molecule has 0 spiro atoms. The predicted octanol–water partition coefficient (Wildman–Crippen LogP) is 3.27. The largest absolute Gasteiger partial charge is 0.492 e. The van der Waals surface area contributed by atoms with Crippen LogP contribution < -0.4 is 19.5 Å². The van der Waals surface area contributed by atoms with E-state index in [1.54, 1.807) is 36.8 Å². The maximum atomic E-state index is 11.2. The first-order chi connectivity index (χ1) is 15.6. The van der Waals surface area contributed by atoms with E-state index >= 15 is 0 Å². The van der Waals surface area contributed by atoms with Crippen LogP contribution in [0.4, 0.5) is 5.69 Å². The summed E-state index contributed by atoms with van der Waals surface area (Å²) in [5, 5.41) is 13.5. The lowest BCUT2D eigenvalue weighted by molar-refractivity contribution is 0.0927. The molecule has 0 bridgehead atoms. The molecule has 2 aromatic carbocycles. The summed E-state index contributed by atoms with van der Waals surface area (Å²) in [6.07, 6.45) is 5.71. The standard InChI is InChI=1S/C23H30N4O5S.2ClH/c1-23(2,16-32-22-10-6-19(7-11-22)27-13-12-24-17-27)25-14-20(28)15-31-21-8-4-18(5-9-21)26-33(3,29)30;;/h4-13,17,20,25-26,28H,14-16H2,1-3H3;2*1H. The average Bonchev–Trinajstić information content (AvgIpc) is 3.30. The van der Waals surface area contributed by atoms with Crippen molar-refractivity contribution < 1.29 is 23.0 Å². The van der Waals surface area contributed by atoms with Gasteiger partial charge in [-0.3, -0.25) is 4.72 Å². The molecule has 35 heavy (non-hydrogen) atoms. The Bertz CT molecular complexity index is 1110. The van der Waals surface area contributed by atoms with Gasteiger partial charge in [-0.25, -0.2) is 13.4 Å². The topological polar surface area (TPSA) is 115 Å². The highest BCUT2D eigenvalue weighted by Crippen LogP contribution is 2.18. The number of ether oxygens (including phenoxy) is 2. The summed E-state index contributed by atoms with van der Waals surface area (Å²) < 4.78 is 38.3. The highest BCUT2D eigenvalue weighted by atomic mass is 35.5. The maximum absolute atomic E-state index is 11.2. The number of benzene rings is 2. The summed E-state index contributed by atoms with van der Waals surface area (Å²) in [6, 6.07) is 14.2. The number of sulfonamides is 1. The van der Waals surface area contributed by atoms with Crippen molar-refractivity contribution in [2.24, 2.45) is 0 Å². The number of nitrogens with one attached hydrogen (secondary N) is 2. The van der Waals surface area contributed by atoms with Crippen LogP contribution in [-0.2, 0) is 10.0 Å². The average molecular weight is 548 g/mol. The molecule has 1 atom stereocenters. The van der Waals surface area contributed by atoms with Gasteiger partial charge in [-0.15, -0.1) is 24.8 Å². The van der Waals surface area contributed by atoms with E-state index in [1.165, 1.54) is 0 Å². The fourth-order valence-corrected chi connectivity index (χ4v) is 3.48. The molecule has 0 aliphatic rings. The molecule has 12 heteroatoms. The fraction of sp³-hybridized carbons (Fsp3) is 0.348. The highest BCUT2D eigenvalue weighted by molar-refractivity contribution is 7.92. The van der Waals surface area contributed by atoms with Crippen molar-refractivity contribution in [1.82, 2.24) is 14.9 Å². The number of aliphatic hydroxyl groups is 1. The SMILES string of the molecule is CC(C)(COc1ccc(-n2ccnc2)cc1)NCC(O)COc1ccc(NS(C)(=O)=O)cc1.Cl.Cl. The van der Waals surface area contributed by atoms with Gasteiger partial charge in [-0.05, 0) is 62.4 Å². The number of imidazole rings is 1. The predicted molar refractivity (Wildman–Crippen MR) is 142 cm³/mol. The molecule has 3 rings (SSSR count). The van der Waals surface area contributed by atoms with Crippen LogP contribution in [-0.4, -0.2) is 60.7 Å². The second kappa shape index (κ2) is 13.6. The smallest absolute Gasteiger partial charge is 0.229 e. The summed E-state index contributed by atoms with van der Waals surface area (Å²) in [4.78, 5) is 4.04. The van der Waals surface area contributed by atoms with Gasteiger partial charge in [0.2, 0.25) is 10.0 Å². The third-order valence-corrected chi connectivity index (χ3v) is 5.26. The van der Waals surface area contributed by atoms with Crippen molar-refractivity contribution >= 4 is 40.5 Å². The van der Waals surface area contributed by atoms with Crippen LogP contribution in [0.3, 0.4) is 0 Å². The minimum Gasteiger partial charge on any atom is -0.492 e. The molecule has 0 saturated heterocycles. The van der Waals surface area contributed by atoms with E-state index < -0.39 is 16.1 Å². The Balaban J connectivity index is 0.00000306. The van der Waals surface area contributed by atoms with E-state index in [9.17, 15) is 13.5 Å². The summed E-state index contributed by atoms with van der Waals surface area (Å²) in [7, 11) is -3.32. The number of halogens is 2. The quantitative estimate of drug-likeness (QED) is 0.319. The number of β-amino-alcohol motifs (C(OH)–C–C–N with tert-alkyl or cyclic N) is 1. The Morgan fingerprint density at radius 1 is 1.03 bits per heavy atom. The van der Waals surface area contributed by atoms with Crippen molar-refractivity contribution in [2.45, 2.75) is 25.5 Å². The summed E-state index contributed by atoms with van der Waals surface area (Å²) >= 11 is 0. The molecule has 1 unspecified atom stereocenters. The van der Waals surface area contributed by atoms with Crippen LogP contribution in [0.5, 0.6) is 11.5 Å². The van der Waals surface area contributed by atoms with Crippen molar-refractivity contribution in [3.05, 3.63) is 67.3 Å². The second-order valence-electron chi connectivity index (χ2n) is 8.38. The van der Waals surface area contributed by atoms with E-state index in [0.717, 1.165) is 17.7 Å². The lowest BCUT2D eigenvalue weighted by Gasteiger charge is -2.28. The molecule has 1 heterocycles. The number of hydrogen-bond donors (Lipinski definition) is 3. The molecule has 0 amide bonds. The Hall–Kier alpha value is -2.50. The van der Waals surface area contributed by atoms with Gasteiger partial charge >= 0.3 is 0 Å². The second-order valence-corrected chi connectivity index (χ2v) is 10.1. The van der Waals surface area contributed by atoms with Crippen molar-refractivity contribution in [2.75, 3.05) is 30.7 Å². The lowest BCUT2D eigenvalue weighted by Crippen LogP contribution is -2.48. The zero-order valence-electron chi connectivity index (χ0n) is 19.7. The van der Waals surface area contributed by atoms with Crippen molar-refractivity contribution in [3.8, 4) is 17.2 Å². The molecular weight excluding hydrogens is 515 g/mol. The fourth-order valence-electron chi connectivity index (χ4n) is 2.92. The first kappa shape index (κ1) is 30.5. The number of aromatic nitrogens is 2. The molecular formula is C23H32Cl2N4O5S. The molecule has 194 valence electrons. The molecule has 1 aromatic heterocycles. The zero-order chi connectivity index (χ0) is 23.9. The Morgan fingerprint density at radius 3 is 2.20 bits per heavy atom. The maximum Gasteiger partial charge on any atom is 0.229 e. The van der Waals surface area contributed by atoms with Gasteiger partial charge in [-0.2, -0.15) is 0 Å². The molecule has 0 aliphatic carbocycles. The van der Waals surface area contributed by atoms with Crippen LogP contribution >= 0.6 is 24.8 Å². The highest BCUT2D eigenvalue weighted by Gasteiger charge is 2.20. The number of rotatable bonds is 12. The number of anilines is 1. The van der Waals surface area contributed by atoms with Gasteiger partial charge < -0.3 is 24.5 Å². The van der Waals surface area contributed by atoms with Crippen LogP contribution in [0.15, 0.2) is 67.3 Å². The van der Waals surface area contributed by atoms with Crippen molar-refractivity contribution in [1.29, 1.82) is 0 Å². The van der Waals surface area contributed by atoms with Gasteiger partial charge in [0.15, 0.2) is 0 Å². The van der Waals surface area contributed by atoms with E-state index in [-0.39, 0.29) is 37.0 Å². The molecule has 0 saturated carbocycles. The van der Waals surface area contributed by atoms with Gasteiger partial charge in [0, 0.05) is 35.9 Å². The summed E-state index contributed by atoms with van der Waals surface area (Å²) in [6.45, 7) is 4.82. The number of nitrogens with zero attached hydrogens (tertiary/aromatic N) is 2. The minimum absolute atomic E-state index is 0. The van der Waals surface area contributed by atoms with Crippen LogP contribution in [0, 0.1) is 0 Å². The number of hydrogen-bond acceptors (Lipinski definition) is 7. The van der Waals surface area contributed by atoms with E-state index in [1.807, 2.05) is 48.9 Å². The van der Waals surface area contributed by atoms with Crippen molar-refractivity contribution in [3.63, 3.8) is 0 Å². The monoisotopic (exact) mass is 546 g/mol. The Labute approximate surface area is 218 Å². The first-order valence-electron chi connectivity index (χ1n) is 10.4. The molecule has 0 radical (unpaired) electrons. The Morgan fingerprint density at radius 2 is 1.63 bits per heavy atom. The lowest BCUT2D eigenvalue weighted by atomic mass is 10.1. The molecule has 3 aromatic rings. The van der Waals surface area contributed by atoms with Crippen LogP contribution in [0.2, 0.25) is 0 Å². The van der Waals surface area contributed by atoms with E-state index in [4.69, 9.17) is 9.47 Å². The van der Waals surface area contributed by atoms with Gasteiger partial charge in [0.1, 0.15) is 30.8 Å². The third-order valence-electron chi connectivity index (χ3n) is 4.66. The van der Waals surface area contributed by atoms with Crippen LogP contribution in [0.1, 0.15) is 13.8 Å². The summed E-state index contributed by atoms with van der Waals surface area (Å²) in [5.74, 6) is 1.29. The third kappa shape index (κ3) is 10.7. The van der Waals surface area contributed by atoms with Gasteiger partial charge in [0.05, 0.1) is 12.6 Å².